The van der Waals surface area contributed by atoms with Gasteiger partial charge in [0.05, 0.1) is 0 Å². The Morgan fingerprint density at radius 2 is 0.708 bits per heavy atom. The molecule has 0 heterocycles. The maximum atomic E-state index is 11.2. The molecule has 0 saturated heterocycles. The Morgan fingerprint density at radius 1 is 0.458 bits per heavy atom. The molecule has 0 amide bonds. The smallest absolute Gasteiger partial charge is 0.310 e. The van der Waals surface area contributed by atoms with Gasteiger partial charge in [-0.1, -0.05) is 51.4 Å². The number of ketones is 2. The fourth-order valence-electron chi connectivity index (χ4n) is 2.57. The van der Waals surface area contributed by atoms with Crippen LogP contribution in [0.1, 0.15) is 89.9 Å². The van der Waals surface area contributed by atoms with Crippen molar-refractivity contribution in [1.29, 1.82) is 0 Å². The molecule has 6 heteroatoms. The van der Waals surface area contributed by atoms with Gasteiger partial charge >= 0.3 is 11.9 Å². The number of hydrogen-bond donors (Lipinski definition) is 2. The van der Waals surface area contributed by atoms with Crippen molar-refractivity contribution in [2.45, 2.75) is 89.9 Å². The molecule has 0 aliphatic carbocycles. The van der Waals surface area contributed by atoms with Crippen LogP contribution in [0.3, 0.4) is 0 Å². The number of Topliss-reactive ketones (excluding diaryl/α,β-unsaturated/α-hetero) is 2. The summed E-state index contributed by atoms with van der Waals surface area (Å²) < 4.78 is 0. The van der Waals surface area contributed by atoms with E-state index in [1.165, 1.54) is 0 Å². The molecule has 138 valence electrons. The number of carbonyl (C=O) groups is 4. The second-order valence-electron chi connectivity index (χ2n) is 6.25. The molecule has 6 nitrogen and oxygen atoms in total. The van der Waals surface area contributed by atoms with Crippen molar-refractivity contribution in [3.8, 4) is 0 Å². The molecule has 2 N–H and O–H groups in total. The molecule has 0 aromatic carbocycles. The zero-order valence-corrected chi connectivity index (χ0v) is 14.4. The average molecular weight is 342 g/mol. The fourth-order valence-corrected chi connectivity index (χ4v) is 2.57. The molecule has 0 radical (unpaired) electrons. The summed E-state index contributed by atoms with van der Waals surface area (Å²) in [5.41, 5.74) is 0. The van der Waals surface area contributed by atoms with Crippen molar-refractivity contribution in [1.82, 2.24) is 0 Å². The monoisotopic (exact) mass is 342 g/mol. The molecule has 24 heavy (non-hydrogen) atoms. The van der Waals surface area contributed by atoms with Crippen molar-refractivity contribution in [3.05, 3.63) is 0 Å². The lowest BCUT2D eigenvalue weighted by Crippen LogP contribution is -2.06. The normalized spacial score (nSPS) is 10.5. The topological polar surface area (TPSA) is 109 Å². The Kier molecular flexibility index (Phi) is 13.8. The third-order valence-corrected chi connectivity index (χ3v) is 3.86. The first kappa shape index (κ1) is 22.3. The van der Waals surface area contributed by atoms with Gasteiger partial charge in [0.1, 0.15) is 24.4 Å². The summed E-state index contributed by atoms with van der Waals surface area (Å²) in [7, 11) is 0. The third-order valence-electron chi connectivity index (χ3n) is 3.86. The van der Waals surface area contributed by atoms with E-state index in [4.69, 9.17) is 10.2 Å². The molecule has 0 bridgehead atoms. The van der Waals surface area contributed by atoms with Gasteiger partial charge in [0.25, 0.3) is 0 Å². The third kappa shape index (κ3) is 16.6. The van der Waals surface area contributed by atoms with Gasteiger partial charge in [-0.05, 0) is 12.8 Å². The summed E-state index contributed by atoms with van der Waals surface area (Å²) in [5, 5.41) is 16.9. The second-order valence-corrected chi connectivity index (χ2v) is 6.25. The van der Waals surface area contributed by atoms with Crippen LogP contribution in [0.5, 0.6) is 0 Å². The Balaban J connectivity index is 3.23. The first-order valence-corrected chi connectivity index (χ1v) is 8.89. The van der Waals surface area contributed by atoms with Gasteiger partial charge in [-0.25, -0.2) is 0 Å². The van der Waals surface area contributed by atoms with Gasteiger partial charge in [0.15, 0.2) is 0 Å². The van der Waals surface area contributed by atoms with E-state index in [9.17, 15) is 19.2 Å². The molecule has 0 rings (SSSR count). The van der Waals surface area contributed by atoms with Gasteiger partial charge in [-0.15, -0.1) is 0 Å². The fraction of sp³-hybridized carbons (Fsp3) is 0.778. The van der Waals surface area contributed by atoms with Crippen molar-refractivity contribution in [2.75, 3.05) is 0 Å². The van der Waals surface area contributed by atoms with E-state index in [1.807, 2.05) is 0 Å². The summed E-state index contributed by atoms with van der Waals surface area (Å²) in [5.74, 6) is -2.48. The molecule has 0 fully saturated rings. The SMILES string of the molecule is O=C(O)CC(=O)CCCCCCCCCCCCC(=O)CC(=O)O. The highest BCUT2D eigenvalue weighted by molar-refractivity contribution is 5.95. The van der Waals surface area contributed by atoms with E-state index in [1.54, 1.807) is 0 Å². The molecule has 0 atom stereocenters. The number of carbonyl (C=O) groups excluding carboxylic acids is 2. The minimum absolute atomic E-state index is 0.190. The van der Waals surface area contributed by atoms with Crippen LogP contribution in [0, 0.1) is 0 Å². The number of carboxylic acids is 2. The van der Waals surface area contributed by atoms with Gasteiger partial charge in [0.2, 0.25) is 0 Å². The standard InChI is InChI=1S/C18H30O6/c19-15(13-17(21)22)11-9-7-5-3-1-2-4-6-8-10-12-16(20)14-18(23)24/h1-14H2,(H,21,22)(H,23,24). The Bertz CT molecular complexity index is 364. The molecule has 0 aromatic rings. The summed E-state index contributed by atoms with van der Waals surface area (Å²) in [6.45, 7) is 0. The van der Waals surface area contributed by atoms with E-state index in [2.05, 4.69) is 0 Å². The summed E-state index contributed by atoms with van der Waals surface area (Å²) in [4.78, 5) is 43.0. The molecule has 0 unspecified atom stereocenters. The van der Waals surface area contributed by atoms with E-state index < -0.39 is 11.9 Å². The average Bonchev–Trinajstić information content (AvgIpc) is 2.46. The number of unbranched alkanes of at least 4 members (excludes halogenated alkanes) is 9. The lowest BCUT2D eigenvalue weighted by molar-refractivity contribution is -0.141. The molecular weight excluding hydrogens is 312 g/mol. The van der Waals surface area contributed by atoms with Crippen molar-refractivity contribution in [2.24, 2.45) is 0 Å². The summed E-state index contributed by atoms with van der Waals surface area (Å²) >= 11 is 0. The Labute approximate surface area is 143 Å². The predicted molar refractivity (Wildman–Crippen MR) is 89.9 cm³/mol. The maximum Gasteiger partial charge on any atom is 0.310 e. The second kappa shape index (κ2) is 14.8. The molecule has 0 saturated carbocycles. The maximum absolute atomic E-state index is 11.2. The Hall–Kier alpha value is -1.72. The van der Waals surface area contributed by atoms with Crippen LogP contribution < -0.4 is 0 Å². The highest BCUT2D eigenvalue weighted by atomic mass is 16.4. The molecule has 0 aliphatic heterocycles. The minimum Gasteiger partial charge on any atom is -0.481 e. The first-order chi connectivity index (χ1) is 11.4. The van der Waals surface area contributed by atoms with Gasteiger partial charge in [0, 0.05) is 12.8 Å². The molecule has 0 spiro atoms. The minimum atomic E-state index is -1.05. The number of hydrogen-bond acceptors (Lipinski definition) is 4. The van der Waals surface area contributed by atoms with Gasteiger partial charge in [-0.2, -0.15) is 0 Å². The highest BCUT2D eigenvalue weighted by Crippen LogP contribution is 2.12. The Morgan fingerprint density at radius 3 is 0.958 bits per heavy atom. The van der Waals surface area contributed by atoms with Crippen molar-refractivity contribution >= 4 is 23.5 Å². The van der Waals surface area contributed by atoms with E-state index in [0.717, 1.165) is 64.2 Å². The van der Waals surface area contributed by atoms with E-state index >= 15 is 0 Å². The van der Waals surface area contributed by atoms with Crippen LogP contribution in [0.4, 0.5) is 0 Å². The zero-order valence-electron chi connectivity index (χ0n) is 14.4. The molecule has 0 aliphatic rings. The molecular formula is C18H30O6. The quantitative estimate of drug-likeness (QED) is 0.308. The summed E-state index contributed by atoms with van der Waals surface area (Å²) in [6, 6.07) is 0. The van der Waals surface area contributed by atoms with Crippen LogP contribution in [0.2, 0.25) is 0 Å². The van der Waals surface area contributed by atoms with Crippen LogP contribution in [0.25, 0.3) is 0 Å². The zero-order chi connectivity index (χ0) is 18.2. The number of carboxylic acid groups (broad SMARTS) is 2. The lowest BCUT2D eigenvalue weighted by Gasteiger charge is -2.03. The van der Waals surface area contributed by atoms with Gasteiger partial charge in [-0.3, -0.25) is 19.2 Å². The van der Waals surface area contributed by atoms with Crippen molar-refractivity contribution in [3.63, 3.8) is 0 Å². The largest absolute Gasteiger partial charge is 0.481 e. The summed E-state index contributed by atoms with van der Waals surface area (Å²) in [6.07, 6.45) is 10.2. The van der Waals surface area contributed by atoms with Crippen LogP contribution >= 0.6 is 0 Å². The van der Waals surface area contributed by atoms with Gasteiger partial charge < -0.3 is 10.2 Å². The van der Waals surface area contributed by atoms with E-state index in [-0.39, 0.29) is 24.4 Å². The lowest BCUT2D eigenvalue weighted by atomic mass is 10.0. The molecule has 0 aromatic heterocycles. The van der Waals surface area contributed by atoms with Crippen LogP contribution in [-0.4, -0.2) is 33.7 Å². The van der Waals surface area contributed by atoms with E-state index in [0.29, 0.717) is 12.8 Å². The van der Waals surface area contributed by atoms with Crippen LogP contribution in [-0.2, 0) is 19.2 Å². The first-order valence-electron chi connectivity index (χ1n) is 8.89. The number of aliphatic carboxylic acids is 2. The number of rotatable bonds is 17. The highest BCUT2D eigenvalue weighted by Gasteiger charge is 2.07. The van der Waals surface area contributed by atoms with Crippen LogP contribution in [0.15, 0.2) is 0 Å². The van der Waals surface area contributed by atoms with Crippen molar-refractivity contribution < 1.29 is 29.4 Å². The predicted octanol–water partition coefficient (Wildman–Crippen LogP) is 3.76.